The highest BCUT2D eigenvalue weighted by atomic mass is 32.2. The van der Waals surface area contributed by atoms with Gasteiger partial charge in [0, 0.05) is 18.4 Å². The second-order valence-corrected chi connectivity index (χ2v) is 8.25. The van der Waals surface area contributed by atoms with Crippen LogP contribution in [0.3, 0.4) is 0 Å². The van der Waals surface area contributed by atoms with Crippen molar-refractivity contribution in [3.63, 3.8) is 0 Å². The molecule has 142 valence electrons. The zero-order chi connectivity index (χ0) is 19.0. The molecule has 0 unspecified atom stereocenters. The van der Waals surface area contributed by atoms with Crippen LogP contribution in [0.4, 0.5) is 10.1 Å². The number of amides is 1. The molecule has 1 aromatic heterocycles. The van der Waals surface area contributed by atoms with Crippen LogP contribution in [0.25, 0.3) is 0 Å². The highest BCUT2D eigenvalue weighted by Gasteiger charge is 2.59. The number of hydrogen-bond acceptors (Lipinski definition) is 5. The van der Waals surface area contributed by atoms with E-state index in [1.807, 2.05) is 6.92 Å². The third kappa shape index (κ3) is 3.34. The van der Waals surface area contributed by atoms with Gasteiger partial charge in [0.05, 0.1) is 17.6 Å². The first-order valence-corrected chi connectivity index (χ1v) is 10.2. The Kier molecular flexibility index (Phi) is 4.90. The molecule has 2 aliphatic rings. The second-order valence-electron chi connectivity index (χ2n) is 7.16. The van der Waals surface area contributed by atoms with Gasteiger partial charge in [-0.15, -0.1) is 11.8 Å². The van der Waals surface area contributed by atoms with E-state index in [1.54, 1.807) is 28.9 Å². The summed E-state index contributed by atoms with van der Waals surface area (Å²) in [7, 11) is 0. The molecule has 27 heavy (non-hydrogen) atoms. The molecule has 1 aromatic carbocycles. The Morgan fingerprint density at radius 2 is 2.15 bits per heavy atom. The van der Waals surface area contributed by atoms with Crippen molar-refractivity contribution < 1.29 is 14.3 Å². The Bertz CT molecular complexity index is 886. The molecule has 0 radical (unpaired) electrons. The smallest absolute Gasteiger partial charge is 0.238 e. The van der Waals surface area contributed by atoms with Crippen LogP contribution in [-0.2, 0) is 16.8 Å². The number of thioether (sulfide) groups is 1. The van der Waals surface area contributed by atoms with E-state index in [4.69, 9.17) is 5.11 Å². The van der Waals surface area contributed by atoms with Crippen molar-refractivity contribution in [3.8, 4) is 0 Å². The van der Waals surface area contributed by atoms with Gasteiger partial charge >= 0.3 is 0 Å². The number of hydrogen-bond donors (Lipinski definition) is 1. The molecule has 1 fully saturated rings. The first kappa shape index (κ1) is 18.4. The number of aliphatic hydroxyl groups is 1. The molecule has 1 spiro atoms. The molecule has 4 rings (SSSR count). The summed E-state index contributed by atoms with van der Waals surface area (Å²) >= 11 is 1.61. The van der Waals surface area contributed by atoms with Crippen molar-refractivity contribution in [1.29, 1.82) is 0 Å². The fourth-order valence-corrected chi connectivity index (χ4v) is 4.68. The lowest BCUT2D eigenvalue weighted by molar-refractivity contribution is -0.120. The lowest BCUT2D eigenvalue weighted by Crippen LogP contribution is -2.31. The monoisotopic (exact) mass is 387 g/mol. The van der Waals surface area contributed by atoms with Crippen molar-refractivity contribution in [2.75, 3.05) is 17.3 Å². The van der Waals surface area contributed by atoms with Crippen LogP contribution in [0, 0.1) is 12.7 Å². The van der Waals surface area contributed by atoms with Gasteiger partial charge in [0.25, 0.3) is 0 Å². The molecule has 2 aromatic rings. The van der Waals surface area contributed by atoms with E-state index in [1.165, 1.54) is 12.1 Å². The molecule has 0 atom stereocenters. The number of nitrogens with zero attached hydrogens (tertiary/aromatic N) is 3. The van der Waals surface area contributed by atoms with E-state index in [9.17, 15) is 9.18 Å². The largest absolute Gasteiger partial charge is 0.396 e. The van der Waals surface area contributed by atoms with E-state index in [2.05, 4.69) is 9.97 Å². The highest BCUT2D eigenvalue weighted by Crippen LogP contribution is 2.57. The summed E-state index contributed by atoms with van der Waals surface area (Å²) in [6.45, 7) is 2.37. The first-order valence-electron chi connectivity index (χ1n) is 9.23. The Morgan fingerprint density at radius 3 is 2.89 bits per heavy atom. The molecule has 1 amide bonds. The van der Waals surface area contributed by atoms with E-state index in [0.29, 0.717) is 18.1 Å². The minimum atomic E-state index is -0.441. The van der Waals surface area contributed by atoms with E-state index in [-0.39, 0.29) is 18.3 Å². The number of rotatable bonds is 7. The van der Waals surface area contributed by atoms with Crippen LogP contribution in [-0.4, -0.2) is 33.3 Å². The average Bonchev–Trinajstić information content (AvgIpc) is 3.42. The Morgan fingerprint density at radius 1 is 1.33 bits per heavy atom. The third-order valence-corrected chi connectivity index (χ3v) is 6.36. The van der Waals surface area contributed by atoms with Gasteiger partial charge in [0.2, 0.25) is 5.91 Å². The number of unbranched alkanes of at least 4 members (excludes halogenated alkanes) is 1. The lowest BCUT2D eigenvalue weighted by Gasteiger charge is -2.19. The minimum Gasteiger partial charge on any atom is -0.396 e. The van der Waals surface area contributed by atoms with Crippen molar-refractivity contribution in [2.45, 2.75) is 49.6 Å². The lowest BCUT2D eigenvalue weighted by atomic mass is 9.98. The van der Waals surface area contributed by atoms with Crippen molar-refractivity contribution >= 4 is 23.4 Å². The Balaban J connectivity index is 1.61. The first-order chi connectivity index (χ1) is 13.0. The molecule has 1 aliphatic carbocycles. The zero-order valence-electron chi connectivity index (χ0n) is 15.2. The van der Waals surface area contributed by atoms with E-state index in [0.717, 1.165) is 47.6 Å². The molecule has 2 heterocycles. The fraction of sp³-hybridized carbons (Fsp3) is 0.450. The molecular formula is C20H22FN3O2S. The van der Waals surface area contributed by atoms with Gasteiger partial charge < -0.3 is 10.0 Å². The van der Waals surface area contributed by atoms with Crippen LogP contribution in [0.2, 0.25) is 0 Å². The number of aryl methyl sites for hydroxylation is 1. The molecule has 1 N–H and O–H groups in total. The Hall–Kier alpha value is -1.99. The molecule has 5 nitrogen and oxygen atoms in total. The summed E-state index contributed by atoms with van der Waals surface area (Å²) < 4.78 is 13.9. The maximum Gasteiger partial charge on any atom is 0.238 e. The molecule has 1 saturated carbocycles. The topological polar surface area (TPSA) is 66.3 Å². The molecule has 0 bridgehead atoms. The van der Waals surface area contributed by atoms with Crippen LogP contribution < -0.4 is 4.90 Å². The number of carbonyl (C=O) groups excluding carboxylic acids is 1. The van der Waals surface area contributed by atoms with E-state index < -0.39 is 5.41 Å². The van der Waals surface area contributed by atoms with Gasteiger partial charge in [0.15, 0.2) is 0 Å². The van der Waals surface area contributed by atoms with Gasteiger partial charge in [-0.05, 0) is 56.1 Å². The summed E-state index contributed by atoms with van der Waals surface area (Å²) in [6.07, 6.45) is 5.07. The van der Waals surface area contributed by atoms with E-state index >= 15 is 0 Å². The van der Waals surface area contributed by atoms with Gasteiger partial charge in [0.1, 0.15) is 16.7 Å². The standard InChI is InChI=1S/C20H22FN3O2S/c1-13-22-11-14(18(23-13)27-9-3-2-8-25)12-24-17-10-15(21)4-5-16(17)20(6-7-20)19(24)26/h4-5,10-11,25H,2-3,6-9,12H2,1H3. The number of aliphatic hydroxyl groups excluding tert-OH is 1. The van der Waals surface area contributed by atoms with Gasteiger partial charge in [-0.3, -0.25) is 4.79 Å². The third-order valence-electron chi connectivity index (χ3n) is 5.24. The molecule has 1 aliphatic heterocycles. The zero-order valence-corrected chi connectivity index (χ0v) is 16.1. The molecule has 7 heteroatoms. The fourth-order valence-electron chi connectivity index (χ4n) is 3.64. The number of anilines is 1. The van der Waals surface area contributed by atoms with Crippen molar-refractivity contribution in [2.24, 2.45) is 0 Å². The van der Waals surface area contributed by atoms with Gasteiger partial charge in [-0.25, -0.2) is 14.4 Å². The normalized spacial score (nSPS) is 16.9. The highest BCUT2D eigenvalue weighted by molar-refractivity contribution is 7.99. The Labute approximate surface area is 162 Å². The van der Waals surface area contributed by atoms with Crippen molar-refractivity contribution in [1.82, 2.24) is 9.97 Å². The maximum absolute atomic E-state index is 13.9. The number of fused-ring (bicyclic) bond motifs is 2. The summed E-state index contributed by atoms with van der Waals surface area (Å²) in [4.78, 5) is 23.6. The summed E-state index contributed by atoms with van der Waals surface area (Å²) in [5.74, 6) is 1.25. The summed E-state index contributed by atoms with van der Waals surface area (Å²) in [6, 6.07) is 4.66. The van der Waals surface area contributed by atoms with Gasteiger partial charge in [-0.1, -0.05) is 6.07 Å². The van der Waals surface area contributed by atoms with Crippen LogP contribution in [0.1, 0.15) is 42.6 Å². The second kappa shape index (κ2) is 7.20. The maximum atomic E-state index is 13.9. The number of aromatic nitrogens is 2. The number of halogens is 1. The van der Waals surface area contributed by atoms with Crippen molar-refractivity contribution in [3.05, 3.63) is 47.2 Å². The quantitative estimate of drug-likeness (QED) is 0.448. The minimum absolute atomic E-state index is 0.0555. The molecular weight excluding hydrogens is 365 g/mol. The SMILES string of the molecule is Cc1ncc(CN2C(=O)C3(CC3)c3ccc(F)cc32)c(SCCCCO)n1. The predicted molar refractivity (Wildman–Crippen MR) is 102 cm³/mol. The molecule has 0 saturated heterocycles. The summed E-state index contributed by atoms with van der Waals surface area (Å²) in [5.41, 5.74) is 2.05. The summed E-state index contributed by atoms with van der Waals surface area (Å²) in [5, 5.41) is 9.79. The van der Waals surface area contributed by atoms with Crippen LogP contribution in [0.15, 0.2) is 29.4 Å². The number of benzene rings is 1. The van der Waals surface area contributed by atoms with Crippen LogP contribution >= 0.6 is 11.8 Å². The average molecular weight is 387 g/mol. The van der Waals surface area contributed by atoms with Crippen LogP contribution in [0.5, 0.6) is 0 Å². The number of carbonyl (C=O) groups is 1. The van der Waals surface area contributed by atoms with Gasteiger partial charge in [-0.2, -0.15) is 0 Å². The predicted octanol–water partition coefficient (Wildman–Crippen LogP) is 3.37.